The third kappa shape index (κ3) is 2.69. The number of imidazole rings is 1. The highest BCUT2D eigenvalue weighted by Gasteiger charge is 2.18. The van der Waals surface area contributed by atoms with E-state index in [1.165, 1.54) is 0 Å². The van der Waals surface area contributed by atoms with E-state index >= 15 is 0 Å². The minimum absolute atomic E-state index is 0.0867. The van der Waals surface area contributed by atoms with Crippen molar-refractivity contribution >= 4 is 40.3 Å². The first kappa shape index (κ1) is 14.2. The van der Waals surface area contributed by atoms with E-state index in [0.717, 1.165) is 21.9 Å². The Bertz CT molecular complexity index is 796. The number of halogens is 1. The van der Waals surface area contributed by atoms with Gasteiger partial charge < -0.3 is 0 Å². The summed E-state index contributed by atoms with van der Waals surface area (Å²) >= 11 is 7.44. The molecule has 0 radical (unpaired) electrons. The fourth-order valence-electron chi connectivity index (χ4n) is 2.15. The second-order valence-corrected chi connectivity index (χ2v) is 6.13. The highest BCUT2D eigenvalue weighted by atomic mass is 35.5. The number of thioether (sulfide) groups is 1. The number of nitrogens with zero attached hydrogens (tertiary/aromatic N) is 2. The third-order valence-corrected chi connectivity index (χ3v) is 4.17. The first-order chi connectivity index (χ1) is 10.2. The molecule has 0 unspecified atom stereocenters. The smallest absolute Gasteiger partial charge is 0.264 e. The summed E-state index contributed by atoms with van der Waals surface area (Å²) in [5, 5.41) is 1.34. The van der Waals surface area contributed by atoms with Crippen molar-refractivity contribution in [3.05, 3.63) is 59.1 Å². The van der Waals surface area contributed by atoms with Crippen LogP contribution in [-0.4, -0.2) is 21.2 Å². The topological polar surface area (TPSA) is 34.9 Å². The van der Waals surface area contributed by atoms with Crippen LogP contribution in [0.15, 0.2) is 53.7 Å². The van der Waals surface area contributed by atoms with E-state index in [9.17, 15) is 4.79 Å². The zero-order chi connectivity index (χ0) is 14.8. The molecule has 1 aromatic heterocycles. The molecule has 0 saturated carbocycles. The van der Waals surface area contributed by atoms with Gasteiger partial charge in [0, 0.05) is 10.6 Å². The van der Waals surface area contributed by atoms with Gasteiger partial charge in [-0.05, 0) is 42.2 Å². The monoisotopic (exact) mass is 316 g/mol. The summed E-state index contributed by atoms with van der Waals surface area (Å²) in [6.07, 6.45) is 0. The van der Waals surface area contributed by atoms with Crippen LogP contribution < -0.4 is 0 Å². The van der Waals surface area contributed by atoms with Crippen molar-refractivity contribution in [2.45, 2.75) is 12.1 Å². The molecule has 5 heteroatoms. The van der Waals surface area contributed by atoms with E-state index in [-0.39, 0.29) is 5.91 Å². The first-order valence-electron chi connectivity index (χ1n) is 6.61. The second kappa shape index (κ2) is 5.92. The Morgan fingerprint density at radius 3 is 2.62 bits per heavy atom. The lowest BCUT2D eigenvalue weighted by Crippen LogP contribution is -2.13. The lowest BCUT2D eigenvalue weighted by Gasteiger charge is -2.07. The minimum Gasteiger partial charge on any atom is -0.268 e. The van der Waals surface area contributed by atoms with E-state index in [2.05, 4.69) is 4.98 Å². The molecule has 3 aromatic rings. The van der Waals surface area contributed by atoms with Crippen LogP contribution in [0.5, 0.6) is 0 Å². The summed E-state index contributed by atoms with van der Waals surface area (Å²) in [6, 6.07) is 14.6. The van der Waals surface area contributed by atoms with Gasteiger partial charge in [-0.15, -0.1) is 0 Å². The molecular formula is C16H13ClN2OS. The molecule has 3 rings (SSSR count). The highest BCUT2D eigenvalue weighted by Crippen LogP contribution is 2.25. The Morgan fingerprint density at radius 1 is 1.19 bits per heavy atom. The maximum atomic E-state index is 12.8. The van der Waals surface area contributed by atoms with Crippen LogP contribution in [0.1, 0.15) is 17.3 Å². The molecule has 21 heavy (non-hydrogen) atoms. The Morgan fingerprint density at radius 2 is 1.90 bits per heavy atom. The van der Waals surface area contributed by atoms with Gasteiger partial charge in [0.15, 0.2) is 5.16 Å². The summed E-state index contributed by atoms with van der Waals surface area (Å²) in [5.41, 5.74) is 2.25. The maximum Gasteiger partial charge on any atom is 0.264 e. The number of carbonyl (C=O) groups is 1. The number of rotatable bonds is 3. The van der Waals surface area contributed by atoms with E-state index in [0.29, 0.717) is 10.6 Å². The van der Waals surface area contributed by atoms with Crippen LogP contribution in [0.3, 0.4) is 0 Å². The molecule has 0 saturated heterocycles. The number of hydrogen-bond donors (Lipinski definition) is 0. The minimum atomic E-state index is -0.0867. The average molecular weight is 317 g/mol. The lowest BCUT2D eigenvalue weighted by molar-refractivity contribution is 0.0955. The standard InChI is InChI=1S/C16H13ClN2OS/c1-2-21-16-18-13-5-3-4-6-14(13)19(16)15(20)11-7-9-12(17)10-8-11/h3-10H,2H2,1H3. The maximum absolute atomic E-state index is 12.8. The average Bonchev–Trinajstić information content (AvgIpc) is 2.85. The van der Waals surface area contributed by atoms with Gasteiger partial charge >= 0.3 is 0 Å². The quantitative estimate of drug-likeness (QED) is 0.668. The van der Waals surface area contributed by atoms with Crippen molar-refractivity contribution in [1.82, 2.24) is 9.55 Å². The van der Waals surface area contributed by atoms with Gasteiger partial charge in [0.1, 0.15) is 0 Å². The van der Waals surface area contributed by atoms with Crippen molar-refractivity contribution in [3.63, 3.8) is 0 Å². The summed E-state index contributed by atoms with van der Waals surface area (Å²) in [7, 11) is 0. The number of fused-ring (bicyclic) bond motifs is 1. The second-order valence-electron chi connectivity index (χ2n) is 4.46. The van der Waals surface area contributed by atoms with Crippen molar-refractivity contribution in [2.75, 3.05) is 5.75 Å². The molecule has 106 valence electrons. The van der Waals surface area contributed by atoms with Crippen LogP contribution in [0, 0.1) is 0 Å². The van der Waals surface area contributed by atoms with Crippen LogP contribution >= 0.6 is 23.4 Å². The van der Waals surface area contributed by atoms with Crippen LogP contribution in [-0.2, 0) is 0 Å². The van der Waals surface area contributed by atoms with Gasteiger partial charge in [-0.3, -0.25) is 9.36 Å². The summed E-state index contributed by atoms with van der Waals surface area (Å²) in [6.45, 7) is 2.04. The Balaban J connectivity index is 2.15. The predicted molar refractivity (Wildman–Crippen MR) is 87.3 cm³/mol. The summed E-state index contributed by atoms with van der Waals surface area (Å²) in [5.74, 6) is 0.772. The molecule has 0 aliphatic rings. The van der Waals surface area contributed by atoms with Gasteiger partial charge in [0.25, 0.3) is 5.91 Å². The van der Waals surface area contributed by atoms with Crippen LogP contribution in [0.2, 0.25) is 5.02 Å². The molecule has 0 amide bonds. The number of hydrogen-bond acceptors (Lipinski definition) is 3. The highest BCUT2D eigenvalue weighted by molar-refractivity contribution is 7.99. The molecule has 2 aromatic carbocycles. The van der Waals surface area contributed by atoms with Gasteiger partial charge in [0.05, 0.1) is 11.0 Å². The van der Waals surface area contributed by atoms with Crippen LogP contribution in [0.25, 0.3) is 11.0 Å². The number of carbonyl (C=O) groups excluding carboxylic acids is 1. The van der Waals surface area contributed by atoms with Crippen molar-refractivity contribution in [2.24, 2.45) is 0 Å². The Labute approximate surface area is 131 Å². The SMILES string of the molecule is CCSc1nc2ccccc2n1C(=O)c1ccc(Cl)cc1. The van der Waals surface area contributed by atoms with Crippen molar-refractivity contribution in [3.8, 4) is 0 Å². The van der Waals surface area contributed by atoms with E-state index in [4.69, 9.17) is 11.6 Å². The molecular weight excluding hydrogens is 304 g/mol. The van der Waals surface area contributed by atoms with Crippen LogP contribution in [0.4, 0.5) is 0 Å². The zero-order valence-corrected chi connectivity index (χ0v) is 13.0. The Hall–Kier alpha value is -1.78. The fraction of sp³-hybridized carbons (Fsp3) is 0.125. The van der Waals surface area contributed by atoms with E-state index in [1.54, 1.807) is 40.6 Å². The molecule has 0 fully saturated rings. The van der Waals surface area contributed by atoms with Crippen molar-refractivity contribution in [1.29, 1.82) is 0 Å². The Kier molecular flexibility index (Phi) is 3.99. The molecule has 1 heterocycles. The summed E-state index contributed by atoms with van der Waals surface area (Å²) < 4.78 is 1.67. The fourth-order valence-corrected chi connectivity index (χ4v) is 3.01. The van der Waals surface area contributed by atoms with Gasteiger partial charge in [0.2, 0.25) is 0 Å². The van der Waals surface area contributed by atoms with Crippen molar-refractivity contribution < 1.29 is 4.79 Å². The zero-order valence-electron chi connectivity index (χ0n) is 11.4. The largest absolute Gasteiger partial charge is 0.268 e. The molecule has 0 aliphatic carbocycles. The molecule has 0 atom stereocenters. The molecule has 0 N–H and O–H groups in total. The molecule has 0 aliphatic heterocycles. The van der Waals surface area contributed by atoms with E-state index < -0.39 is 0 Å². The molecule has 3 nitrogen and oxygen atoms in total. The number of para-hydroxylation sites is 2. The first-order valence-corrected chi connectivity index (χ1v) is 7.97. The molecule has 0 spiro atoms. The normalized spacial score (nSPS) is 11.0. The summed E-state index contributed by atoms with van der Waals surface area (Å²) in [4.78, 5) is 17.3. The van der Waals surface area contributed by atoms with Gasteiger partial charge in [-0.25, -0.2) is 4.98 Å². The number of aromatic nitrogens is 2. The van der Waals surface area contributed by atoms with E-state index in [1.807, 2.05) is 31.2 Å². The number of benzene rings is 2. The molecule has 0 bridgehead atoms. The third-order valence-electron chi connectivity index (χ3n) is 3.10. The lowest BCUT2D eigenvalue weighted by atomic mass is 10.2. The van der Waals surface area contributed by atoms with Gasteiger partial charge in [-0.1, -0.05) is 42.4 Å². The predicted octanol–water partition coefficient (Wildman–Crippen LogP) is 4.49. The van der Waals surface area contributed by atoms with Gasteiger partial charge in [-0.2, -0.15) is 0 Å².